The molecule has 1 aliphatic carbocycles. The van der Waals surface area contributed by atoms with Gasteiger partial charge in [0.15, 0.2) is 0 Å². The van der Waals surface area contributed by atoms with Crippen molar-refractivity contribution in [3.05, 3.63) is 35.4 Å². The zero-order valence-electron chi connectivity index (χ0n) is 8.55. The van der Waals surface area contributed by atoms with Crippen molar-refractivity contribution in [1.29, 1.82) is 0 Å². The lowest BCUT2D eigenvalue weighted by atomic mass is 10.1. The number of fused-ring (bicyclic) bond motifs is 1. The molecule has 2 rings (SSSR count). The van der Waals surface area contributed by atoms with Crippen LogP contribution in [-0.2, 0) is 6.42 Å². The maximum atomic E-state index is 12.0. The first-order chi connectivity index (χ1) is 7.33. The summed E-state index contributed by atoms with van der Waals surface area (Å²) in [7, 11) is 0. The largest absolute Gasteiger partial charge is 0.309 e. The van der Waals surface area contributed by atoms with Gasteiger partial charge in [-0.05, 0) is 30.5 Å². The highest BCUT2D eigenvalue weighted by molar-refractivity contribution is 6.21. The van der Waals surface area contributed by atoms with Crippen LogP contribution in [0.1, 0.15) is 23.6 Å². The summed E-state index contributed by atoms with van der Waals surface area (Å²) >= 11 is 6.27. The quantitative estimate of drug-likeness (QED) is 0.616. The van der Waals surface area contributed by atoms with Crippen LogP contribution in [-0.4, -0.2) is 18.6 Å². The van der Waals surface area contributed by atoms with Crippen LogP contribution >= 0.6 is 11.6 Å². The van der Waals surface area contributed by atoms with Crippen LogP contribution in [0.15, 0.2) is 24.3 Å². The Bertz CT molecular complexity index is 329. The lowest BCUT2D eigenvalue weighted by molar-refractivity contribution is 0.439. The zero-order chi connectivity index (χ0) is 10.7. The fourth-order valence-corrected chi connectivity index (χ4v) is 2.50. The van der Waals surface area contributed by atoms with Gasteiger partial charge in [-0.1, -0.05) is 24.3 Å². The molecule has 15 heavy (non-hydrogen) atoms. The molecule has 0 radical (unpaired) electrons. The molecule has 82 valence electrons. The first-order valence-electron chi connectivity index (χ1n) is 5.34. The minimum atomic E-state index is -0.270. The molecule has 0 bridgehead atoms. The van der Waals surface area contributed by atoms with Crippen molar-refractivity contribution in [2.45, 2.75) is 24.3 Å². The Kier molecular flexibility index (Phi) is 3.60. The van der Waals surface area contributed by atoms with Gasteiger partial charge in [0.2, 0.25) is 0 Å². The second kappa shape index (κ2) is 4.95. The minimum absolute atomic E-state index is 0.0991. The predicted octanol–water partition coefficient (Wildman–Crippen LogP) is 2.84. The van der Waals surface area contributed by atoms with Crippen LogP contribution in [0, 0.1) is 0 Å². The summed E-state index contributed by atoms with van der Waals surface area (Å²) in [5, 5.41) is 3.42. The van der Waals surface area contributed by atoms with Crippen LogP contribution in [0.3, 0.4) is 0 Å². The van der Waals surface area contributed by atoms with Crippen LogP contribution in [0.2, 0.25) is 0 Å². The van der Waals surface area contributed by atoms with Crippen molar-refractivity contribution in [2.24, 2.45) is 0 Å². The first-order valence-corrected chi connectivity index (χ1v) is 5.78. The van der Waals surface area contributed by atoms with Crippen molar-refractivity contribution in [1.82, 2.24) is 5.32 Å². The number of hydrogen-bond acceptors (Lipinski definition) is 1. The van der Waals surface area contributed by atoms with Gasteiger partial charge in [0.05, 0.1) is 12.1 Å². The Morgan fingerprint density at radius 2 is 2.20 bits per heavy atom. The monoisotopic (exact) mass is 227 g/mol. The fourth-order valence-electron chi connectivity index (χ4n) is 2.11. The molecule has 1 nitrogen and oxygen atoms in total. The summed E-state index contributed by atoms with van der Waals surface area (Å²) in [5.74, 6) is 0. The Morgan fingerprint density at radius 3 is 3.00 bits per heavy atom. The third-order valence-corrected chi connectivity index (χ3v) is 3.25. The Balaban J connectivity index is 2.05. The highest BCUT2D eigenvalue weighted by atomic mass is 35.5. The highest BCUT2D eigenvalue weighted by Crippen LogP contribution is 2.34. The van der Waals surface area contributed by atoms with Crippen LogP contribution in [0.25, 0.3) is 0 Å². The van der Waals surface area contributed by atoms with Crippen molar-refractivity contribution < 1.29 is 4.39 Å². The molecule has 0 spiro atoms. The molecule has 2 atom stereocenters. The minimum Gasteiger partial charge on any atom is -0.309 e. The number of nitrogens with one attached hydrogen (secondary N) is 1. The molecule has 1 aliphatic rings. The van der Waals surface area contributed by atoms with E-state index in [-0.39, 0.29) is 18.1 Å². The highest BCUT2D eigenvalue weighted by Gasteiger charge is 2.29. The van der Waals surface area contributed by atoms with Crippen LogP contribution in [0.4, 0.5) is 4.39 Å². The summed E-state index contributed by atoms with van der Waals surface area (Å²) < 4.78 is 12.0. The third-order valence-electron chi connectivity index (χ3n) is 2.84. The molecule has 1 aromatic carbocycles. The standard InChI is InChI=1S/C12H15ClFN/c13-11-8-9-4-1-2-5-10(9)12(11)15-7-3-6-14/h1-2,4-5,11-12,15H,3,6-8H2. The number of alkyl halides is 2. The van der Waals surface area contributed by atoms with E-state index < -0.39 is 0 Å². The summed E-state index contributed by atoms with van der Waals surface area (Å²) in [6, 6.07) is 8.46. The SMILES string of the molecule is FCCCNC1c2ccccc2CC1Cl. The lowest BCUT2D eigenvalue weighted by Crippen LogP contribution is -2.26. The van der Waals surface area contributed by atoms with Gasteiger partial charge in [-0.2, -0.15) is 0 Å². The summed E-state index contributed by atoms with van der Waals surface area (Å²) in [4.78, 5) is 0. The molecule has 0 aromatic heterocycles. The molecule has 0 aliphatic heterocycles. The Labute approximate surface area is 94.6 Å². The first kappa shape index (κ1) is 10.9. The summed E-state index contributed by atoms with van der Waals surface area (Å²) in [5.41, 5.74) is 2.59. The molecule has 0 amide bonds. The van der Waals surface area contributed by atoms with Gasteiger partial charge in [-0.25, -0.2) is 0 Å². The zero-order valence-corrected chi connectivity index (χ0v) is 9.30. The topological polar surface area (TPSA) is 12.0 Å². The van der Waals surface area contributed by atoms with Crippen molar-refractivity contribution >= 4 is 11.6 Å². The molecular formula is C12H15ClFN. The second-order valence-electron chi connectivity index (χ2n) is 3.89. The number of halogens is 2. The van der Waals surface area contributed by atoms with E-state index in [1.54, 1.807) is 0 Å². The molecule has 1 N–H and O–H groups in total. The van der Waals surface area contributed by atoms with Gasteiger partial charge in [0, 0.05) is 6.04 Å². The van der Waals surface area contributed by atoms with Gasteiger partial charge in [0.25, 0.3) is 0 Å². The van der Waals surface area contributed by atoms with Crippen molar-refractivity contribution in [2.75, 3.05) is 13.2 Å². The van der Waals surface area contributed by atoms with E-state index in [9.17, 15) is 4.39 Å². The van der Waals surface area contributed by atoms with E-state index in [0.29, 0.717) is 13.0 Å². The summed E-state index contributed by atoms with van der Waals surface area (Å²) in [6.07, 6.45) is 1.47. The van der Waals surface area contributed by atoms with E-state index in [2.05, 4.69) is 17.4 Å². The van der Waals surface area contributed by atoms with E-state index >= 15 is 0 Å². The maximum absolute atomic E-state index is 12.0. The van der Waals surface area contributed by atoms with E-state index in [1.807, 2.05) is 12.1 Å². The van der Waals surface area contributed by atoms with Crippen LogP contribution < -0.4 is 5.32 Å². The Morgan fingerprint density at radius 1 is 1.40 bits per heavy atom. The molecule has 3 heteroatoms. The van der Waals surface area contributed by atoms with Gasteiger partial charge >= 0.3 is 0 Å². The van der Waals surface area contributed by atoms with Gasteiger partial charge in [-0.3, -0.25) is 4.39 Å². The van der Waals surface area contributed by atoms with Gasteiger partial charge < -0.3 is 5.32 Å². The molecule has 0 heterocycles. The smallest absolute Gasteiger partial charge is 0.0906 e. The molecule has 0 saturated heterocycles. The average Bonchev–Trinajstić information content (AvgIpc) is 2.56. The molecule has 1 aromatic rings. The Hall–Kier alpha value is -0.600. The third kappa shape index (κ3) is 2.32. The van der Waals surface area contributed by atoms with Crippen molar-refractivity contribution in [3.63, 3.8) is 0 Å². The molecule has 0 saturated carbocycles. The van der Waals surface area contributed by atoms with E-state index in [4.69, 9.17) is 11.6 Å². The van der Waals surface area contributed by atoms with Crippen molar-refractivity contribution in [3.8, 4) is 0 Å². The van der Waals surface area contributed by atoms with E-state index in [0.717, 1.165) is 6.42 Å². The number of hydrogen-bond donors (Lipinski definition) is 1. The number of benzene rings is 1. The normalized spacial score (nSPS) is 24.1. The molecular weight excluding hydrogens is 213 g/mol. The number of rotatable bonds is 4. The molecule has 0 fully saturated rings. The average molecular weight is 228 g/mol. The molecule has 2 unspecified atom stereocenters. The predicted molar refractivity (Wildman–Crippen MR) is 61.1 cm³/mol. The second-order valence-corrected chi connectivity index (χ2v) is 4.45. The lowest BCUT2D eigenvalue weighted by Gasteiger charge is -2.16. The fraction of sp³-hybridized carbons (Fsp3) is 0.500. The van der Waals surface area contributed by atoms with Crippen LogP contribution in [0.5, 0.6) is 0 Å². The van der Waals surface area contributed by atoms with E-state index in [1.165, 1.54) is 11.1 Å². The van der Waals surface area contributed by atoms with Gasteiger partial charge in [0.1, 0.15) is 0 Å². The summed E-state index contributed by atoms with van der Waals surface area (Å²) in [6.45, 7) is 0.424. The maximum Gasteiger partial charge on any atom is 0.0906 e. The van der Waals surface area contributed by atoms with Gasteiger partial charge in [-0.15, -0.1) is 11.6 Å².